The summed E-state index contributed by atoms with van der Waals surface area (Å²) in [5, 5.41) is 1.91. The predicted octanol–water partition coefficient (Wildman–Crippen LogP) is 3.60. The fourth-order valence-electron chi connectivity index (χ4n) is 3.67. The maximum Gasteiger partial charge on any atom is 0.253 e. The Bertz CT molecular complexity index is 1180. The second kappa shape index (κ2) is 7.61. The van der Waals surface area contributed by atoms with Gasteiger partial charge in [0.1, 0.15) is 0 Å². The summed E-state index contributed by atoms with van der Waals surface area (Å²) in [4.78, 5) is 14.8. The lowest BCUT2D eigenvalue weighted by Crippen LogP contribution is -2.50. The van der Waals surface area contributed by atoms with Crippen LogP contribution >= 0.6 is 0 Å². The second-order valence-electron chi connectivity index (χ2n) is 7.50. The van der Waals surface area contributed by atoms with Crippen molar-refractivity contribution in [2.75, 3.05) is 26.2 Å². The molecule has 0 bridgehead atoms. The molecule has 0 aromatic heterocycles. The number of carbonyl (C=O) groups excluding carboxylic acids is 1. The minimum atomic E-state index is -3.58. The van der Waals surface area contributed by atoms with Crippen molar-refractivity contribution < 1.29 is 13.2 Å². The van der Waals surface area contributed by atoms with Gasteiger partial charge in [-0.3, -0.25) is 4.79 Å². The van der Waals surface area contributed by atoms with Gasteiger partial charge in [0, 0.05) is 31.7 Å². The Morgan fingerprint density at radius 1 is 0.793 bits per heavy atom. The Balaban J connectivity index is 1.49. The van der Waals surface area contributed by atoms with E-state index in [0.717, 1.165) is 21.9 Å². The van der Waals surface area contributed by atoms with Gasteiger partial charge in [0.15, 0.2) is 0 Å². The Labute approximate surface area is 171 Å². The van der Waals surface area contributed by atoms with Crippen LogP contribution < -0.4 is 0 Å². The van der Waals surface area contributed by atoms with Crippen molar-refractivity contribution >= 4 is 26.7 Å². The third kappa shape index (κ3) is 3.78. The van der Waals surface area contributed by atoms with Gasteiger partial charge in [-0.15, -0.1) is 0 Å². The first-order valence-electron chi connectivity index (χ1n) is 9.72. The molecule has 3 aromatic carbocycles. The van der Waals surface area contributed by atoms with Crippen molar-refractivity contribution in [3.05, 3.63) is 77.4 Å². The monoisotopic (exact) mass is 408 g/mol. The highest BCUT2D eigenvalue weighted by Gasteiger charge is 2.30. The summed E-state index contributed by atoms with van der Waals surface area (Å²) in [6.07, 6.45) is 0. The van der Waals surface area contributed by atoms with Gasteiger partial charge >= 0.3 is 0 Å². The molecular weight excluding hydrogens is 384 g/mol. The van der Waals surface area contributed by atoms with E-state index < -0.39 is 10.0 Å². The van der Waals surface area contributed by atoms with Crippen LogP contribution in [0.5, 0.6) is 0 Å². The molecule has 5 nitrogen and oxygen atoms in total. The van der Waals surface area contributed by atoms with E-state index in [1.165, 1.54) is 4.31 Å². The number of sulfonamides is 1. The van der Waals surface area contributed by atoms with Gasteiger partial charge in [0.05, 0.1) is 4.90 Å². The number of nitrogens with zero attached hydrogens (tertiary/aromatic N) is 2. The number of aryl methyl sites for hydroxylation is 2. The average molecular weight is 409 g/mol. The number of piperazine rings is 1. The molecule has 1 aliphatic heterocycles. The molecule has 0 aliphatic carbocycles. The van der Waals surface area contributed by atoms with E-state index in [1.807, 2.05) is 62.4 Å². The van der Waals surface area contributed by atoms with Crippen LogP contribution in [0.1, 0.15) is 21.5 Å². The van der Waals surface area contributed by atoms with E-state index in [9.17, 15) is 13.2 Å². The molecule has 0 saturated carbocycles. The first-order valence-corrected chi connectivity index (χ1v) is 11.2. The summed E-state index contributed by atoms with van der Waals surface area (Å²) >= 11 is 0. The minimum absolute atomic E-state index is 0.0455. The average Bonchev–Trinajstić information content (AvgIpc) is 2.75. The molecule has 3 aromatic rings. The number of carbonyl (C=O) groups is 1. The van der Waals surface area contributed by atoms with Crippen LogP contribution in [0, 0.1) is 13.8 Å². The second-order valence-corrected chi connectivity index (χ2v) is 9.44. The van der Waals surface area contributed by atoms with Crippen LogP contribution in [0.15, 0.2) is 65.6 Å². The number of fused-ring (bicyclic) bond motifs is 1. The molecule has 6 heteroatoms. The summed E-state index contributed by atoms with van der Waals surface area (Å²) in [5.74, 6) is -0.0455. The summed E-state index contributed by atoms with van der Waals surface area (Å²) in [6, 6.07) is 18.6. The lowest BCUT2D eigenvalue weighted by atomic mass is 10.1. The van der Waals surface area contributed by atoms with Gasteiger partial charge in [-0.05, 0) is 60.0 Å². The minimum Gasteiger partial charge on any atom is -0.336 e. The molecule has 1 fully saturated rings. The van der Waals surface area contributed by atoms with Crippen molar-refractivity contribution in [1.29, 1.82) is 0 Å². The summed E-state index contributed by atoms with van der Waals surface area (Å²) in [6.45, 7) is 5.37. The molecule has 0 unspecified atom stereocenters. The zero-order valence-electron chi connectivity index (χ0n) is 16.6. The van der Waals surface area contributed by atoms with E-state index in [-0.39, 0.29) is 5.91 Å². The molecule has 1 amide bonds. The van der Waals surface area contributed by atoms with Gasteiger partial charge in [-0.25, -0.2) is 8.42 Å². The molecule has 4 rings (SSSR count). The van der Waals surface area contributed by atoms with Crippen LogP contribution in [0.4, 0.5) is 0 Å². The molecule has 1 saturated heterocycles. The van der Waals surface area contributed by atoms with Gasteiger partial charge in [0.25, 0.3) is 5.91 Å². The molecule has 150 valence electrons. The highest BCUT2D eigenvalue weighted by atomic mass is 32.2. The van der Waals surface area contributed by atoms with E-state index in [2.05, 4.69) is 0 Å². The topological polar surface area (TPSA) is 57.7 Å². The molecule has 0 radical (unpaired) electrons. The van der Waals surface area contributed by atoms with Gasteiger partial charge in [0.2, 0.25) is 10.0 Å². The highest BCUT2D eigenvalue weighted by molar-refractivity contribution is 7.89. The summed E-state index contributed by atoms with van der Waals surface area (Å²) in [5.41, 5.74) is 2.88. The number of hydrogen-bond donors (Lipinski definition) is 0. The number of rotatable bonds is 3. The van der Waals surface area contributed by atoms with Crippen molar-refractivity contribution in [2.24, 2.45) is 0 Å². The van der Waals surface area contributed by atoms with E-state index >= 15 is 0 Å². The van der Waals surface area contributed by atoms with Gasteiger partial charge in [-0.2, -0.15) is 4.31 Å². The zero-order chi connectivity index (χ0) is 20.6. The van der Waals surface area contributed by atoms with Crippen molar-refractivity contribution in [1.82, 2.24) is 9.21 Å². The molecule has 1 aliphatic rings. The molecule has 0 spiro atoms. The van der Waals surface area contributed by atoms with Crippen molar-refractivity contribution in [3.8, 4) is 0 Å². The van der Waals surface area contributed by atoms with Crippen LogP contribution in [0.25, 0.3) is 10.8 Å². The van der Waals surface area contributed by atoms with E-state index in [0.29, 0.717) is 36.6 Å². The third-order valence-corrected chi connectivity index (χ3v) is 7.53. The van der Waals surface area contributed by atoms with E-state index in [4.69, 9.17) is 0 Å². The first kappa shape index (κ1) is 19.6. The van der Waals surface area contributed by atoms with Crippen molar-refractivity contribution in [2.45, 2.75) is 18.7 Å². The zero-order valence-corrected chi connectivity index (χ0v) is 17.4. The van der Waals surface area contributed by atoms with Crippen LogP contribution in [-0.4, -0.2) is 49.7 Å². The lowest BCUT2D eigenvalue weighted by molar-refractivity contribution is 0.0698. The standard InChI is InChI=1S/C23H24N2O3S/c1-17-7-8-21(15-18(17)2)23(26)24-11-13-25(14-12-24)29(27,28)22-10-9-19-5-3-4-6-20(19)16-22/h3-10,15-16H,11-14H2,1-2H3. The Hall–Kier alpha value is -2.70. The first-order chi connectivity index (χ1) is 13.9. The smallest absolute Gasteiger partial charge is 0.253 e. The maximum absolute atomic E-state index is 13.1. The summed E-state index contributed by atoms with van der Waals surface area (Å²) < 4.78 is 27.6. The summed E-state index contributed by atoms with van der Waals surface area (Å²) in [7, 11) is -3.58. The van der Waals surface area contributed by atoms with Crippen LogP contribution in [0.3, 0.4) is 0 Å². The molecular formula is C23H24N2O3S. The number of benzene rings is 3. The van der Waals surface area contributed by atoms with Gasteiger partial charge in [-0.1, -0.05) is 36.4 Å². The molecule has 0 atom stereocenters. The number of hydrogen-bond acceptors (Lipinski definition) is 3. The SMILES string of the molecule is Cc1ccc(C(=O)N2CCN(S(=O)(=O)c3ccc4ccccc4c3)CC2)cc1C. The van der Waals surface area contributed by atoms with Crippen LogP contribution in [0.2, 0.25) is 0 Å². The largest absolute Gasteiger partial charge is 0.336 e. The van der Waals surface area contributed by atoms with Gasteiger partial charge < -0.3 is 4.90 Å². The Morgan fingerprint density at radius 2 is 1.48 bits per heavy atom. The highest BCUT2D eigenvalue weighted by Crippen LogP contribution is 2.23. The Morgan fingerprint density at radius 3 is 2.17 bits per heavy atom. The van der Waals surface area contributed by atoms with Crippen molar-refractivity contribution in [3.63, 3.8) is 0 Å². The number of amides is 1. The van der Waals surface area contributed by atoms with E-state index in [1.54, 1.807) is 17.0 Å². The fraction of sp³-hybridized carbons (Fsp3) is 0.261. The predicted molar refractivity (Wildman–Crippen MR) is 115 cm³/mol. The van der Waals surface area contributed by atoms with Crippen LogP contribution in [-0.2, 0) is 10.0 Å². The lowest BCUT2D eigenvalue weighted by Gasteiger charge is -2.34. The Kier molecular flexibility index (Phi) is 5.15. The molecule has 29 heavy (non-hydrogen) atoms. The maximum atomic E-state index is 13.1. The molecule has 0 N–H and O–H groups in total. The third-order valence-electron chi connectivity index (χ3n) is 5.64. The normalized spacial score (nSPS) is 15.6. The molecule has 1 heterocycles. The quantitative estimate of drug-likeness (QED) is 0.665. The fourth-order valence-corrected chi connectivity index (χ4v) is 5.12.